The van der Waals surface area contributed by atoms with Crippen molar-refractivity contribution in [3.05, 3.63) is 29.3 Å². The first-order valence-electron chi connectivity index (χ1n) is 5.59. The Labute approximate surface area is 92.6 Å². The van der Waals surface area contributed by atoms with Gasteiger partial charge in [-0.2, -0.15) is 0 Å². The summed E-state index contributed by atoms with van der Waals surface area (Å²) in [5.74, 6) is 1.01. The Balaban J connectivity index is 2.92. The molecule has 1 rings (SSSR count). The normalized spacial score (nSPS) is 12.5. The third-order valence-electron chi connectivity index (χ3n) is 2.53. The van der Waals surface area contributed by atoms with E-state index < -0.39 is 0 Å². The molecule has 0 spiro atoms. The maximum Gasteiger partial charge on any atom is 0.124 e. The molecule has 1 N–H and O–H groups in total. The number of hydrogen-bond donors (Lipinski definition) is 1. The highest BCUT2D eigenvalue weighted by atomic mass is 16.5. The molecule has 0 saturated carbocycles. The minimum absolute atomic E-state index is 0.331. The van der Waals surface area contributed by atoms with Gasteiger partial charge in [-0.1, -0.05) is 19.1 Å². The zero-order valence-corrected chi connectivity index (χ0v) is 10.1. The number of benzene rings is 1. The standard InChI is InChI=1S/C13H21NO/c1-5-8-15-13-9-10(2)6-7-12(13)11(3)14-4/h6-7,9,11,14H,5,8H2,1-4H3. The molecule has 1 aromatic carbocycles. The van der Waals surface area contributed by atoms with E-state index in [0.717, 1.165) is 18.8 Å². The Kier molecular flexibility index (Phi) is 4.63. The Morgan fingerprint density at radius 2 is 2.13 bits per heavy atom. The van der Waals surface area contributed by atoms with Crippen molar-refractivity contribution < 1.29 is 4.74 Å². The number of hydrogen-bond acceptors (Lipinski definition) is 2. The number of ether oxygens (including phenoxy) is 1. The first-order chi connectivity index (χ1) is 7.19. The van der Waals surface area contributed by atoms with Crippen LogP contribution in [0.4, 0.5) is 0 Å². The molecule has 0 fully saturated rings. The third kappa shape index (κ3) is 3.24. The van der Waals surface area contributed by atoms with Gasteiger partial charge in [-0.3, -0.25) is 0 Å². The summed E-state index contributed by atoms with van der Waals surface area (Å²) in [6, 6.07) is 6.71. The molecule has 1 atom stereocenters. The zero-order chi connectivity index (χ0) is 11.3. The van der Waals surface area contributed by atoms with E-state index in [9.17, 15) is 0 Å². The van der Waals surface area contributed by atoms with Crippen molar-refractivity contribution in [2.45, 2.75) is 33.2 Å². The lowest BCUT2D eigenvalue weighted by molar-refractivity contribution is 0.311. The fraction of sp³-hybridized carbons (Fsp3) is 0.538. The molecular weight excluding hydrogens is 186 g/mol. The van der Waals surface area contributed by atoms with Gasteiger partial charge in [0.25, 0.3) is 0 Å². The number of rotatable bonds is 5. The summed E-state index contributed by atoms with van der Waals surface area (Å²) in [5, 5.41) is 3.24. The number of nitrogens with one attached hydrogen (secondary N) is 1. The lowest BCUT2D eigenvalue weighted by Crippen LogP contribution is -2.14. The molecule has 0 radical (unpaired) electrons. The summed E-state index contributed by atoms with van der Waals surface area (Å²) in [5.41, 5.74) is 2.48. The van der Waals surface area contributed by atoms with Crippen LogP contribution in [0.2, 0.25) is 0 Å². The maximum atomic E-state index is 5.75. The molecule has 1 unspecified atom stereocenters. The van der Waals surface area contributed by atoms with Crippen LogP contribution in [0.25, 0.3) is 0 Å². The third-order valence-corrected chi connectivity index (χ3v) is 2.53. The second-order valence-electron chi connectivity index (χ2n) is 3.90. The van der Waals surface area contributed by atoms with Crippen molar-refractivity contribution in [1.82, 2.24) is 5.32 Å². The molecule has 0 aromatic heterocycles. The van der Waals surface area contributed by atoms with Gasteiger partial charge in [-0.25, -0.2) is 0 Å². The van der Waals surface area contributed by atoms with Gasteiger partial charge in [-0.15, -0.1) is 0 Å². The fourth-order valence-electron chi connectivity index (χ4n) is 1.49. The second kappa shape index (κ2) is 5.76. The van der Waals surface area contributed by atoms with Crippen molar-refractivity contribution in [3.63, 3.8) is 0 Å². The molecule has 1 aromatic rings. The molecule has 0 amide bonds. The van der Waals surface area contributed by atoms with E-state index in [1.807, 2.05) is 7.05 Å². The Morgan fingerprint density at radius 1 is 1.40 bits per heavy atom. The van der Waals surface area contributed by atoms with Crippen LogP contribution >= 0.6 is 0 Å². The van der Waals surface area contributed by atoms with Gasteiger partial charge in [-0.05, 0) is 38.9 Å². The van der Waals surface area contributed by atoms with Crippen LogP contribution in [0, 0.1) is 6.92 Å². The van der Waals surface area contributed by atoms with Crippen LogP contribution in [0.5, 0.6) is 5.75 Å². The Hall–Kier alpha value is -1.02. The average Bonchev–Trinajstić information content (AvgIpc) is 2.25. The summed E-state index contributed by atoms with van der Waals surface area (Å²) in [6.07, 6.45) is 1.04. The van der Waals surface area contributed by atoms with E-state index in [2.05, 4.69) is 44.3 Å². The predicted molar refractivity (Wildman–Crippen MR) is 64.4 cm³/mol. The molecule has 0 aliphatic heterocycles. The van der Waals surface area contributed by atoms with E-state index in [1.54, 1.807) is 0 Å². The van der Waals surface area contributed by atoms with Crippen molar-refractivity contribution in [3.8, 4) is 5.75 Å². The minimum Gasteiger partial charge on any atom is -0.493 e. The molecule has 2 heteroatoms. The van der Waals surface area contributed by atoms with Crippen molar-refractivity contribution in [2.75, 3.05) is 13.7 Å². The largest absolute Gasteiger partial charge is 0.493 e. The maximum absolute atomic E-state index is 5.75. The van der Waals surface area contributed by atoms with Crippen LogP contribution in [-0.4, -0.2) is 13.7 Å². The van der Waals surface area contributed by atoms with Crippen LogP contribution in [0.15, 0.2) is 18.2 Å². The zero-order valence-electron chi connectivity index (χ0n) is 10.1. The summed E-state index contributed by atoms with van der Waals surface area (Å²) in [7, 11) is 1.97. The lowest BCUT2D eigenvalue weighted by atomic mass is 10.1. The molecule has 84 valence electrons. The van der Waals surface area contributed by atoms with E-state index in [1.165, 1.54) is 11.1 Å². The van der Waals surface area contributed by atoms with Gasteiger partial charge in [0.2, 0.25) is 0 Å². The van der Waals surface area contributed by atoms with Gasteiger partial charge in [0.1, 0.15) is 5.75 Å². The van der Waals surface area contributed by atoms with Crippen LogP contribution in [0.1, 0.15) is 37.4 Å². The molecular formula is C13H21NO. The van der Waals surface area contributed by atoms with Crippen molar-refractivity contribution in [1.29, 1.82) is 0 Å². The first-order valence-corrected chi connectivity index (χ1v) is 5.59. The Morgan fingerprint density at radius 3 is 2.73 bits per heavy atom. The smallest absolute Gasteiger partial charge is 0.124 e. The average molecular weight is 207 g/mol. The molecule has 0 bridgehead atoms. The highest BCUT2D eigenvalue weighted by Crippen LogP contribution is 2.26. The topological polar surface area (TPSA) is 21.3 Å². The van der Waals surface area contributed by atoms with E-state index in [0.29, 0.717) is 6.04 Å². The lowest BCUT2D eigenvalue weighted by Gasteiger charge is -2.16. The molecule has 0 heterocycles. The van der Waals surface area contributed by atoms with Gasteiger partial charge < -0.3 is 10.1 Å². The van der Waals surface area contributed by atoms with E-state index in [-0.39, 0.29) is 0 Å². The monoisotopic (exact) mass is 207 g/mol. The first kappa shape index (κ1) is 12.1. The quantitative estimate of drug-likeness (QED) is 0.801. The van der Waals surface area contributed by atoms with Crippen LogP contribution in [0.3, 0.4) is 0 Å². The van der Waals surface area contributed by atoms with Gasteiger partial charge in [0.15, 0.2) is 0 Å². The fourth-order valence-corrected chi connectivity index (χ4v) is 1.49. The van der Waals surface area contributed by atoms with Gasteiger partial charge in [0.05, 0.1) is 6.61 Å². The van der Waals surface area contributed by atoms with Crippen molar-refractivity contribution >= 4 is 0 Å². The van der Waals surface area contributed by atoms with Crippen LogP contribution in [-0.2, 0) is 0 Å². The van der Waals surface area contributed by atoms with Gasteiger partial charge >= 0.3 is 0 Å². The Bertz CT molecular complexity index is 309. The molecule has 0 saturated heterocycles. The second-order valence-corrected chi connectivity index (χ2v) is 3.90. The molecule has 2 nitrogen and oxygen atoms in total. The van der Waals surface area contributed by atoms with Crippen molar-refractivity contribution in [2.24, 2.45) is 0 Å². The summed E-state index contributed by atoms with van der Waals surface area (Å²) < 4.78 is 5.75. The highest BCUT2D eigenvalue weighted by Gasteiger charge is 2.09. The summed E-state index contributed by atoms with van der Waals surface area (Å²) in [6.45, 7) is 7.14. The van der Waals surface area contributed by atoms with E-state index in [4.69, 9.17) is 4.74 Å². The molecule has 15 heavy (non-hydrogen) atoms. The van der Waals surface area contributed by atoms with Crippen LogP contribution < -0.4 is 10.1 Å². The summed E-state index contributed by atoms with van der Waals surface area (Å²) in [4.78, 5) is 0. The van der Waals surface area contributed by atoms with E-state index >= 15 is 0 Å². The SMILES string of the molecule is CCCOc1cc(C)ccc1C(C)NC. The summed E-state index contributed by atoms with van der Waals surface area (Å²) >= 11 is 0. The van der Waals surface area contributed by atoms with Gasteiger partial charge in [0, 0.05) is 11.6 Å². The number of aryl methyl sites for hydroxylation is 1. The minimum atomic E-state index is 0.331. The molecule has 0 aliphatic carbocycles. The molecule has 0 aliphatic rings. The highest BCUT2D eigenvalue weighted by molar-refractivity contribution is 5.39. The predicted octanol–water partition coefficient (Wildman–Crippen LogP) is 3.06.